The van der Waals surface area contributed by atoms with E-state index >= 15 is 0 Å². The lowest BCUT2D eigenvalue weighted by Crippen LogP contribution is -2.38. The highest BCUT2D eigenvalue weighted by Crippen LogP contribution is 2.35. The van der Waals surface area contributed by atoms with Crippen molar-refractivity contribution in [1.82, 2.24) is 10.0 Å². The van der Waals surface area contributed by atoms with Crippen LogP contribution < -0.4 is 14.9 Å². The molecular weight excluding hydrogens is 484 g/mol. The molecule has 0 aromatic heterocycles. The largest absolute Gasteiger partial charge is 0.356 e. The Hall–Kier alpha value is -2.43. The van der Waals surface area contributed by atoms with Crippen LogP contribution in [0.1, 0.15) is 39.2 Å². The van der Waals surface area contributed by atoms with Crippen LogP contribution in [0.2, 0.25) is 0 Å². The number of amides is 1. The molecule has 2 atom stereocenters. The number of aryl methyl sites for hydroxylation is 1. The van der Waals surface area contributed by atoms with Crippen molar-refractivity contribution in [2.24, 2.45) is 11.8 Å². The van der Waals surface area contributed by atoms with Crippen molar-refractivity contribution in [2.45, 2.75) is 49.8 Å². The maximum absolute atomic E-state index is 13.1. The minimum atomic E-state index is -3.82. The van der Waals surface area contributed by atoms with Crippen LogP contribution in [0.25, 0.3) is 0 Å². The number of rotatable bonds is 10. The molecule has 1 aliphatic rings. The number of sulfonamides is 1. The van der Waals surface area contributed by atoms with Gasteiger partial charge in [-0.25, -0.2) is 22.1 Å². The second kappa shape index (κ2) is 11.1. The van der Waals surface area contributed by atoms with Gasteiger partial charge in [-0.2, -0.15) is 0 Å². The summed E-state index contributed by atoms with van der Waals surface area (Å²) in [6.07, 6.45) is 3.38. The number of nitrogens with one attached hydrogen (secondary N) is 3. The average Bonchev–Trinajstić information content (AvgIpc) is 2.80. The van der Waals surface area contributed by atoms with Crippen molar-refractivity contribution in [2.75, 3.05) is 30.8 Å². The predicted molar refractivity (Wildman–Crippen MR) is 140 cm³/mol. The topological polar surface area (TPSA) is 119 Å². The van der Waals surface area contributed by atoms with Crippen LogP contribution in [-0.4, -0.2) is 44.4 Å². The molecule has 3 rings (SSSR count). The maximum Gasteiger partial charge on any atom is 0.240 e. The highest BCUT2D eigenvalue weighted by atomic mass is 32.2. The van der Waals surface area contributed by atoms with Gasteiger partial charge in [0.1, 0.15) is 0 Å². The monoisotopic (exact) mass is 520 g/mol. The number of hydrogen-bond acceptors (Lipinski definition) is 6. The molecule has 35 heavy (non-hydrogen) atoms. The Morgan fingerprint density at radius 1 is 1.14 bits per heavy atom. The molecule has 0 radical (unpaired) electrons. The second-order valence-corrected chi connectivity index (χ2v) is 13.5. The molecule has 1 amide bonds. The molecule has 2 unspecified atom stereocenters. The average molecular weight is 521 g/mol. The minimum absolute atomic E-state index is 0.000187. The van der Waals surface area contributed by atoms with Gasteiger partial charge in [-0.3, -0.25) is 4.79 Å². The molecule has 0 aliphatic carbocycles. The van der Waals surface area contributed by atoms with E-state index in [0.717, 1.165) is 18.5 Å². The zero-order chi connectivity index (χ0) is 25.8. The molecule has 192 valence electrons. The Bertz CT molecular complexity index is 1260. The number of benzene rings is 2. The lowest BCUT2D eigenvalue weighted by molar-refractivity contribution is -0.123. The first-order valence-electron chi connectivity index (χ1n) is 11.9. The molecule has 8 nitrogen and oxygen atoms in total. The summed E-state index contributed by atoms with van der Waals surface area (Å²) in [7, 11) is -7.10. The van der Waals surface area contributed by atoms with Gasteiger partial charge in [-0.1, -0.05) is 32.9 Å². The van der Waals surface area contributed by atoms with Gasteiger partial charge in [0.25, 0.3) is 0 Å². The minimum Gasteiger partial charge on any atom is -0.356 e. The van der Waals surface area contributed by atoms with Gasteiger partial charge in [-0.15, -0.1) is 0 Å². The smallest absolute Gasteiger partial charge is 0.240 e. The Kier molecular flexibility index (Phi) is 8.61. The fourth-order valence-corrected chi connectivity index (χ4v) is 6.32. The van der Waals surface area contributed by atoms with E-state index in [0.29, 0.717) is 25.2 Å². The van der Waals surface area contributed by atoms with Gasteiger partial charge in [0.15, 0.2) is 0 Å². The lowest BCUT2D eigenvalue weighted by atomic mass is 9.96. The molecule has 1 aliphatic heterocycles. The predicted octanol–water partition coefficient (Wildman–Crippen LogP) is 3.88. The molecule has 0 saturated carbocycles. The van der Waals surface area contributed by atoms with Gasteiger partial charge in [0.2, 0.25) is 15.9 Å². The summed E-state index contributed by atoms with van der Waals surface area (Å²) >= 11 is 0. The molecule has 0 spiro atoms. The molecule has 1 fully saturated rings. The summed E-state index contributed by atoms with van der Waals surface area (Å²) in [6.45, 7) is 7.26. The van der Waals surface area contributed by atoms with Crippen LogP contribution in [-0.2, 0) is 31.0 Å². The van der Waals surface area contributed by atoms with E-state index in [1.54, 1.807) is 6.07 Å². The highest BCUT2D eigenvalue weighted by molar-refractivity contribution is 7.92. The Morgan fingerprint density at radius 2 is 1.83 bits per heavy atom. The van der Waals surface area contributed by atoms with E-state index < -0.39 is 19.8 Å². The third-order valence-electron chi connectivity index (χ3n) is 6.08. The normalized spacial score (nSPS) is 18.2. The van der Waals surface area contributed by atoms with Crippen LogP contribution >= 0.6 is 0 Å². The first kappa shape index (κ1) is 27.2. The molecule has 3 N–H and O–H groups in total. The van der Waals surface area contributed by atoms with Gasteiger partial charge in [0.05, 0.1) is 25.2 Å². The molecule has 2 aromatic carbocycles. The van der Waals surface area contributed by atoms with Gasteiger partial charge in [0, 0.05) is 38.0 Å². The summed E-state index contributed by atoms with van der Waals surface area (Å²) in [5.74, 6) is 0.196. The summed E-state index contributed by atoms with van der Waals surface area (Å²) in [6, 6.07) is 12.5. The number of carbonyl (C=O) groups is 1. The van der Waals surface area contributed by atoms with Crippen molar-refractivity contribution < 1.29 is 17.4 Å². The lowest BCUT2D eigenvalue weighted by Gasteiger charge is -2.33. The number of anilines is 2. The molecule has 10 heteroatoms. The first-order valence-corrected chi connectivity index (χ1v) is 15.4. The van der Waals surface area contributed by atoms with E-state index in [9.17, 15) is 17.4 Å². The number of piperidine rings is 1. The van der Waals surface area contributed by atoms with E-state index in [1.807, 2.05) is 43.0 Å². The summed E-state index contributed by atoms with van der Waals surface area (Å²) in [5, 5.41) is 2.85. The Labute approximate surface area is 209 Å². The highest BCUT2D eigenvalue weighted by Gasteiger charge is 2.27. The van der Waals surface area contributed by atoms with Gasteiger partial charge in [-0.05, 0) is 60.6 Å². The van der Waals surface area contributed by atoms with E-state index in [-0.39, 0.29) is 34.1 Å². The molecule has 0 bridgehead atoms. The number of nitrogens with zero attached hydrogens (tertiary/aromatic N) is 1. The Morgan fingerprint density at radius 3 is 2.40 bits per heavy atom. The van der Waals surface area contributed by atoms with Gasteiger partial charge < -0.3 is 10.2 Å². The van der Waals surface area contributed by atoms with Crippen molar-refractivity contribution in [3.05, 3.63) is 48.0 Å². The molecule has 2 aromatic rings. The van der Waals surface area contributed by atoms with Crippen molar-refractivity contribution in [3.63, 3.8) is 0 Å². The fraction of sp³-hybridized carbons (Fsp3) is 0.480. The first-order chi connectivity index (χ1) is 16.4. The maximum atomic E-state index is 13.1. The van der Waals surface area contributed by atoms with E-state index in [4.69, 9.17) is 4.78 Å². The second-order valence-electron chi connectivity index (χ2n) is 9.56. The Balaban J connectivity index is 2.10. The molecule has 1 heterocycles. The molecular formula is C25H36N4O4S2. The zero-order valence-electron chi connectivity index (χ0n) is 20.8. The number of hydrogen-bond donors (Lipinski definition) is 3. The van der Waals surface area contributed by atoms with E-state index in [1.165, 1.54) is 24.0 Å². The quantitative estimate of drug-likeness (QED) is 0.439. The van der Waals surface area contributed by atoms with Crippen LogP contribution in [0, 0.1) is 16.6 Å². The SMILES string of the molecule is CCc1ccc(N(CC2CCNC(=O)C2)c2ccc(S(=O)(=O)NCC(C)C)cc2S(C)(=N)=O)cc1. The fourth-order valence-electron chi connectivity index (χ4n) is 4.08. The summed E-state index contributed by atoms with van der Waals surface area (Å²) < 4.78 is 49.8. The van der Waals surface area contributed by atoms with Crippen LogP contribution in [0.4, 0.5) is 11.4 Å². The number of carbonyl (C=O) groups excluding carboxylic acids is 1. The van der Waals surface area contributed by atoms with Crippen molar-refractivity contribution in [1.29, 1.82) is 4.78 Å². The summed E-state index contributed by atoms with van der Waals surface area (Å²) in [5.41, 5.74) is 2.53. The van der Waals surface area contributed by atoms with Crippen LogP contribution in [0.5, 0.6) is 0 Å². The summed E-state index contributed by atoms with van der Waals surface area (Å²) in [4.78, 5) is 14.1. The van der Waals surface area contributed by atoms with E-state index in [2.05, 4.69) is 17.0 Å². The standard InChI is InChI=1S/C25H36N4O4S2/c1-5-19-6-8-21(9-7-19)29(17-20-12-13-27-25(30)14-20)23-11-10-22(15-24(23)34(4,26)31)35(32,33)28-16-18(2)3/h6-11,15,18,20,26,28H,5,12-14,16-17H2,1-4H3,(H,27,30). The van der Waals surface area contributed by atoms with Crippen LogP contribution in [0.3, 0.4) is 0 Å². The van der Waals surface area contributed by atoms with Crippen molar-refractivity contribution in [3.8, 4) is 0 Å². The zero-order valence-corrected chi connectivity index (χ0v) is 22.5. The van der Waals surface area contributed by atoms with Gasteiger partial charge >= 0.3 is 0 Å². The van der Waals surface area contributed by atoms with Crippen LogP contribution in [0.15, 0.2) is 52.3 Å². The molecule has 1 saturated heterocycles. The van der Waals surface area contributed by atoms with Crippen molar-refractivity contribution >= 4 is 37.0 Å². The third-order valence-corrected chi connectivity index (χ3v) is 8.67. The third kappa shape index (κ3) is 7.05.